The Balaban J connectivity index is 2.22. The van der Waals surface area contributed by atoms with Gasteiger partial charge in [0, 0.05) is 32.2 Å². The summed E-state index contributed by atoms with van der Waals surface area (Å²) in [5.41, 5.74) is -0.220. The Hall–Kier alpha value is -2.84. The lowest BCUT2D eigenvalue weighted by atomic mass is 10.1. The molecule has 35 heavy (non-hydrogen) atoms. The summed E-state index contributed by atoms with van der Waals surface area (Å²) in [7, 11) is 4.55. The molecule has 0 spiro atoms. The van der Waals surface area contributed by atoms with E-state index in [1.54, 1.807) is 15.9 Å². The molecule has 0 unspecified atom stereocenters. The van der Waals surface area contributed by atoms with Gasteiger partial charge < -0.3 is 33.5 Å². The molecule has 0 bridgehead atoms. The fraction of sp³-hybridized carbons (Fsp3) is 0.692. The Morgan fingerprint density at radius 2 is 1.43 bits per heavy atom. The third kappa shape index (κ3) is 7.83. The van der Waals surface area contributed by atoms with Crippen molar-refractivity contribution in [2.24, 2.45) is 0 Å². The van der Waals surface area contributed by atoms with Crippen molar-refractivity contribution in [1.82, 2.24) is 9.80 Å². The maximum absolute atomic E-state index is 13.6. The Morgan fingerprint density at radius 1 is 0.829 bits per heavy atom. The summed E-state index contributed by atoms with van der Waals surface area (Å²) in [6, 6.07) is 1.64. The van der Waals surface area contributed by atoms with Crippen LogP contribution >= 0.6 is 0 Å². The lowest BCUT2D eigenvalue weighted by Gasteiger charge is -2.36. The second-order valence-corrected chi connectivity index (χ2v) is 9.54. The maximum Gasteiger partial charge on any atom is 0.410 e. The van der Waals surface area contributed by atoms with Crippen molar-refractivity contribution in [1.29, 1.82) is 0 Å². The van der Waals surface area contributed by atoms with Crippen LogP contribution in [0.1, 0.15) is 70.2 Å². The van der Waals surface area contributed by atoms with Crippen molar-refractivity contribution in [3.05, 3.63) is 11.6 Å². The molecule has 0 aromatic heterocycles. The number of piperazine rings is 1. The standard InChI is InChI=1S/C26H42N2O7/c1-8-9-10-11-12-17-34-21-19(18-20(31-5)22(32-6)23(21)33-7)24(29)27-13-15-28(16-14-27)25(30)35-26(2,3)4/h18H,8-17H2,1-7H3. The minimum Gasteiger partial charge on any atom is -0.493 e. The summed E-state index contributed by atoms with van der Waals surface area (Å²) in [6.07, 6.45) is 5.07. The van der Waals surface area contributed by atoms with Crippen LogP contribution in [0.3, 0.4) is 0 Å². The Labute approximate surface area is 209 Å². The molecule has 1 aliphatic heterocycles. The molecule has 2 amide bonds. The highest BCUT2D eigenvalue weighted by Crippen LogP contribution is 2.47. The largest absolute Gasteiger partial charge is 0.493 e. The highest BCUT2D eigenvalue weighted by Gasteiger charge is 2.32. The van der Waals surface area contributed by atoms with Gasteiger partial charge in [0.05, 0.1) is 33.5 Å². The van der Waals surface area contributed by atoms with Gasteiger partial charge in [-0.25, -0.2) is 4.79 Å². The summed E-state index contributed by atoms with van der Waals surface area (Å²) in [5, 5.41) is 0. The predicted molar refractivity (Wildman–Crippen MR) is 134 cm³/mol. The minimum absolute atomic E-state index is 0.214. The van der Waals surface area contributed by atoms with Crippen LogP contribution in [-0.4, -0.2) is 81.5 Å². The molecule has 2 rings (SSSR count). The molecule has 0 atom stereocenters. The molecule has 198 valence electrons. The van der Waals surface area contributed by atoms with E-state index in [0.717, 1.165) is 19.3 Å². The van der Waals surface area contributed by atoms with Crippen LogP contribution < -0.4 is 18.9 Å². The normalized spacial score (nSPS) is 13.9. The molecule has 9 heteroatoms. The van der Waals surface area contributed by atoms with E-state index in [4.69, 9.17) is 23.7 Å². The first kappa shape index (κ1) is 28.4. The number of hydrogen-bond donors (Lipinski definition) is 0. The van der Waals surface area contributed by atoms with E-state index in [9.17, 15) is 9.59 Å². The third-order valence-corrected chi connectivity index (χ3v) is 5.73. The monoisotopic (exact) mass is 494 g/mol. The third-order valence-electron chi connectivity index (χ3n) is 5.73. The number of rotatable bonds is 11. The first-order valence-electron chi connectivity index (χ1n) is 12.4. The zero-order valence-electron chi connectivity index (χ0n) is 22.4. The van der Waals surface area contributed by atoms with E-state index >= 15 is 0 Å². The number of methoxy groups -OCH3 is 3. The first-order chi connectivity index (χ1) is 16.7. The van der Waals surface area contributed by atoms with Crippen LogP contribution in [0, 0.1) is 0 Å². The van der Waals surface area contributed by atoms with Crippen LogP contribution in [0.2, 0.25) is 0 Å². The van der Waals surface area contributed by atoms with Crippen molar-refractivity contribution >= 4 is 12.0 Å². The lowest BCUT2D eigenvalue weighted by molar-refractivity contribution is 0.0140. The number of carbonyl (C=O) groups is 2. The molecule has 1 aromatic carbocycles. The fourth-order valence-corrected chi connectivity index (χ4v) is 3.90. The van der Waals surface area contributed by atoms with Gasteiger partial charge >= 0.3 is 6.09 Å². The van der Waals surface area contributed by atoms with Crippen molar-refractivity contribution < 1.29 is 33.3 Å². The molecule has 1 fully saturated rings. The molecule has 1 heterocycles. The smallest absolute Gasteiger partial charge is 0.410 e. The van der Waals surface area contributed by atoms with E-state index in [-0.39, 0.29) is 12.0 Å². The summed E-state index contributed by atoms with van der Waals surface area (Å²) in [6.45, 7) is 9.67. The van der Waals surface area contributed by atoms with Gasteiger partial charge in [0.2, 0.25) is 11.5 Å². The molecular weight excluding hydrogens is 452 g/mol. The SMILES string of the molecule is CCCCCCCOc1c(C(=O)N2CCN(C(=O)OC(C)(C)C)CC2)cc(OC)c(OC)c1OC. The second kappa shape index (κ2) is 13.3. The molecule has 1 aliphatic rings. The maximum atomic E-state index is 13.6. The number of carbonyl (C=O) groups excluding carboxylic acids is 2. The topological polar surface area (TPSA) is 86.8 Å². The Bertz CT molecular complexity index is 843. The van der Waals surface area contributed by atoms with E-state index in [1.165, 1.54) is 34.2 Å². The van der Waals surface area contributed by atoms with Gasteiger partial charge in [-0.2, -0.15) is 0 Å². The van der Waals surface area contributed by atoms with Crippen LogP contribution in [0.25, 0.3) is 0 Å². The molecule has 1 aromatic rings. The van der Waals surface area contributed by atoms with Crippen LogP contribution in [0.5, 0.6) is 23.0 Å². The van der Waals surface area contributed by atoms with Gasteiger partial charge in [0.25, 0.3) is 5.91 Å². The Kier molecular flexibility index (Phi) is 10.8. The van der Waals surface area contributed by atoms with E-state index in [0.29, 0.717) is 61.3 Å². The van der Waals surface area contributed by atoms with Gasteiger partial charge in [-0.15, -0.1) is 0 Å². The molecule has 1 saturated heterocycles. The minimum atomic E-state index is -0.566. The van der Waals surface area contributed by atoms with Crippen molar-refractivity contribution in [3.8, 4) is 23.0 Å². The summed E-state index contributed by atoms with van der Waals surface area (Å²) < 4.78 is 28.2. The highest BCUT2D eigenvalue weighted by molar-refractivity contribution is 5.99. The predicted octanol–water partition coefficient (Wildman–Crippen LogP) is 4.75. The molecule has 0 radical (unpaired) electrons. The van der Waals surface area contributed by atoms with Gasteiger partial charge in [-0.05, 0) is 27.2 Å². The number of amides is 2. The average molecular weight is 495 g/mol. The molecule has 9 nitrogen and oxygen atoms in total. The van der Waals surface area contributed by atoms with Crippen LogP contribution in [-0.2, 0) is 4.74 Å². The number of hydrogen-bond acceptors (Lipinski definition) is 7. The number of benzene rings is 1. The quantitative estimate of drug-likeness (QED) is 0.410. The summed E-state index contributed by atoms with van der Waals surface area (Å²) in [5.74, 6) is 1.23. The number of unbranched alkanes of at least 4 members (excludes halogenated alkanes) is 4. The van der Waals surface area contributed by atoms with E-state index in [1.807, 2.05) is 20.8 Å². The Morgan fingerprint density at radius 3 is 1.97 bits per heavy atom. The molecule has 0 aliphatic carbocycles. The lowest BCUT2D eigenvalue weighted by Crippen LogP contribution is -2.51. The van der Waals surface area contributed by atoms with Gasteiger partial charge in [-0.3, -0.25) is 4.79 Å². The van der Waals surface area contributed by atoms with Crippen molar-refractivity contribution in [2.75, 3.05) is 54.1 Å². The van der Waals surface area contributed by atoms with Crippen molar-refractivity contribution in [3.63, 3.8) is 0 Å². The van der Waals surface area contributed by atoms with Crippen LogP contribution in [0.4, 0.5) is 4.79 Å². The molecule has 0 N–H and O–H groups in total. The van der Waals surface area contributed by atoms with Crippen LogP contribution in [0.15, 0.2) is 6.07 Å². The average Bonchev–Trinajstić information content (AvgIpc) is 2.83. The second-order valence-electron chi connectivity index (χ2n) is 9.54. The van der Waals surface area contributed by atoms with Gasteiger partial charge in [0.1, 0.15) is 5.60 Å². The van der Waals surface area contributed by atoms with Gasteiger partial charge in [-0.1, -0.05) is 32.6 Å². The zero-order valence-corrected chi connectivity index (χ0v) is 22.4. The summed E-state index contributed by atoms with van der Waals surface area (Å²) in [4.78, 5) is 29.3. The highest BCUT2D eigenvalue weighted by atomic mass is 16.6. The van der Waals surface area contributed by atoms with Crippen molar-refractivity contribution in [2.45, 2.75) is 65.4 Å². The summed E-state index contributed by atoms with van der Waals surface area (Å²) >= 11 is 0. The number of nitrogens with zero attached hydrogens (tertiary/aromatic N) is 2. The van der Waals surface area contributed by atoms with E-state index < -0.39 is 5.60 Å². The first-order valence-corrected chi connectivity index (χ1v) is 12.4. The molecular formula is C26H42N2O7. The number of ether oxygens (including phenoxy) is 5. The van der Waals surface area contributed by atoms with E-state index in [2.05, 4.69) is 6.92 Å². The molecule has 0 saturated carbocycles. The zero-order chi connectivity index (χ0) is 26.0. The van der Waals surface area contributed by atoms with Gasteiger partial charge in [0.15, 0.2) is 11.5 Å². The fourth-order valence-electron chi connectivity index (χ4n) is 3.90.